The van der Waals surface area contributed by atoms with Crippen LogP contribution < -0.4 is 10.9 Å². The molecule has 6 heteroatoms. The fourth-order valence-corrected chi connectivity index (χ4v) is 1.38. The number of rotatable bonds is 6. The molecule has 0 saturated heterocycles. The van der Waals surface area contributed by atoms with E-state index >= 15 is 0 Å². The highest BCUT2D eigenvalue weighted by molar-refractivity contribution is 9.10. The number of aromatic amines is 1. The van der Waals surface area contributed by atoms with E-state index in [1.165, 1.54) is 0 Å². The van der Waals surface area contributed by atoms with Crippen LogP contribution in [0.25, 0.3) is 0 Å². The molecule has 0 saturated carbocycles. The molecule has 84 valence electrons. The van der Waals surface area contributed by atoms with Gasteiger partial charge in [-0.15, -0.1) is 0 Å². The van der Waals surface area contributed by atoms with E-state index < -0.39 is 0 Å². The SMILES string of the molecule is CCOCCCNc1cn[nH]c(=O)c1Br. The Kier molecular flexibility index (Phi) is 5.34. The summed E-state index contributed by atoms with van der Waals surface area (Å²) in [7, 11) is 0. The van der Waals surface area contributed by atoms with Crippen molar-refractivity contribution >= 4 is 21.6 Å². The number of nitrogens with zero attached hydrogens (tertiary/aromatic N) is 1. The molecule has 0 aliphatic heterocycles. The third-order valence-corrected chi connectivity index (χ3v) is 2.57. The van der Waals surface area contributed by atoms with Gasteiger partial charge in [-0.05, 0) is 29.3 Å². The first-order valence-corrected chi connectivity index (χ1v) is 5.59. The van der Waals surface area contributed by atoms with Crippen LogP contribution in [-0.2, 0) is 4.74 Å². The van der Waals surface area contributed by atoms with Gasteiger partial charge in [0.15, 0.2) is 0 Å². The molecule has 1 aromatic heterocycles. The van der Waals surface area contributed by atoms with Crippen molar-refractivity contribution in [3.8, 4) is 0 Å². The third kappa shape index (κ3) is 4.01. The smallest absolute Gasteiger partial charge is 0.280 e. The van der Waals surface area contributed by atoms with E-state index in [2.05, 4.69) is 31.4 Å². The summed E-state index contributed by atoms with van der Waals surface area (Å²) in [6.45, 7) is 4.17. The average molecular weight is 276 g/mol. The summed E-state index contributed by atoms with van der Waals surface area (Å²) >= 11 is 3.19. The molecule has 0 spiro atoms. The van der Waals surface area contributed by atoms with E-state index in [9.17, 15) is 4.79 Å². The van der Waals surface area contributed by atoms with Crippen molar-refractivity contribution < 1.29 is 4.74 Å². The molecule has 2 N–H and O–H groups in total. The van der Waals surface area contributed by atoms with Gasteiger partial charge in [-0.1, -0.05) is 0 Å². The number of nitrogens with one attached hydrogen (secondary N) is 2. The maximum absolute atomic E-state index is 11.1. The maximum Gasteiger partial charge on any atom is 0.280 e. The van der Waals surface area contributed by atoms with Gasteiger partial charge in [0.2, 0.25) is 0 Å². The molecule has 0 atom stereocenters. The van der Waals surface area contributed by atoms with Gasteiger partial charge in [0.25, 0.3) is 5.56 Å². The molecule has 0 radical (unpaired) electrons. The molecule has 0 fully saturated rings. The molecule has 5 nitrogen and oxygen atoms in total. The second kappa shape index (κ2) is 6.58. The first-order valence-electron chi connectivity index (χ1n) is 4.80. The lowest BCUT2D eigenvalue weighted by Crippen LogP contribution is -2.13. The topological polar surface area (TPSA) is 67.0 Å². The van der Waals surface area contributed by atoms with Crippen LogP contribution in [0.2, 0.25) is 0 Å². The number of anilines is 1. The number of ether oxygens (including phenoxy) is 1. The molecule has 0 aromatic carbocycles. The van der Waals surface area contributed by atoms with Crippen molar-refractivity contribution in [2.75, 3.05) is 25.1 Å². The predicted octanol–water partition coefficient (Wildman–Crippen LogP) is 1.37. The minimum atomic E-state index is -0.232. The van der Waals surface area contributed by atoms with Crippen LogP contribution in [0.3, 0.4) is 0 Å². The predicted molar refractivity (Wildman–Crippen MR) is 62.2 cm³/mol. The summed E-state index contributed by atoms with van der Waals surface area (Å²) in [5.41, 5.74) is 0.472. The number of hydrogen-bond acceptors (Lipinski definition) is 4. The summed E-state index contributed by atoms with van der Waals surface area (Å²) in [6, 6.07) is 0. The molecule has 0 aliphatic rings. The Morgan fingerprint density at radius 1 is 1.67 bits per heavy atom. The Balaban J connectivity index is 2.38. The van der Waals surface area contributed by atoms with Crippen LogP contribution in [0.15, 0.2) is 15.5 Å². The van der Waals surface area contributed by atoms with Crippen molar-refractivity contribution in [2.45, 2.75) is 13.3 Å². The van der Waals surface area contributed by atoms with Gasteiger partial charge in [-0.25, -0.2) is 5.10 Å². The van der Waals surface area contributed by atoms with E-state index in [-0.39, 0.29) is 5.56 Å². The quantitative estimate of drug-likeness (QED) is 0.770. The van der Waals surface area contributed by atoms with E-state index in [1.54, 1.807) is 6.20 Å². The van der Waals surface area contributed by atoms with Gasteiger partial charge in [-0.2, -0.15) is 5.10 Å². The summed E-state index contributed by atoms with van der Waals surface area (Å²) in [5.74, 6) is 0. The van der Waals surface area contributed by atoms with Crippen LogP contribution in [0.1, 0.15) is 13.3 Å². The molecule has 0 amide bonds. The number of halogens is 1. The van der Waals surface area contributed by atoms with Gasteiger partial charge >= 0.3 is 0 Å². The Morgan fingerprint density at radius 2 is 2.47 bits per heavy atom. The molecule has 1 rings (SSSR count). The lowest BCUT2D eigenvalue weighted by Gasteiger charge is -2.06. The molecule has 0 aliphatic carbocycles. The van der Waals surface area contributed by atoms with Gasteiger partial charge in [-0.3, -0.25) is 4.79 Å². The van der Waals surface area contributed by atoms with Crippen LogP contribution in [0.5, 0.6) is 0 Å². The molecule has 0 bridgehead atoms. The summed E-state index contributed by atoms with van der Waals surface area (Å²) in [5, 5.41) is 9.14. The lowest BCUT2D eigenvalue weighted by atomic mass is 10.4. The van der Waals surface area contributed by atoms with Crippen LogP contribution >= 0.6 is 15.9 Å². The first-order chi connectivity index (χ1) is 7.25. The zero-order valence-corrected chi connectivity index (χ0v) is 10.1. The van der Waals surface area contributed by atoms with Crippen LogP contribution in [0, 0.1) is 0 Å². The lowest BCUT2D eigenvalue weighted by molar-refractivity contribution is 0.147. The van der Waals surface area contributed by atoms with Gasteiger partial charge in [0.1, 0.15) is 4.47 Å². The molecule has 0 unspecified atom stereocenters. The van der Waals surface area contributed by atoms with Crippen molar-refractivity contribution in [1.82, 2.24) is 10.2 Å². The van der Waals surface area contributed by atoms with Crippen LogP contribution in [0.4, 0.5) is 5.69 Å². The molecule has 1 aromatic rings. The molecule has 15 heavy (non-hydrogen) atoms. The van der Waals surface area contributed by atoms with E-state index in [0.29, 0.717) is 10.2 Å². The van der Waals surface area contributed by atoms with Crippen molar-refractivity contribution in [2.24, 2.45) is 0 Å². The van der Waals surface area contributed by atoms with Crippen molar-refractivity contribution in [3.63, 3.8) is 0 Å². The zero-order chi connectivity index (χ0) is 11.1. The minimum absolute atomic E-state index is 0.232. The highest BCUT2D eigenvalue weighted by Gasteiger charge is 2.02. The minimum Gasteiger partial charge on any atom is -0.383 e. The van der Waals surface area contributed by atoms with Crippen molar-refractivity contribution in [1.29, 1.82) is 0 Å². The Labute approximate surface area is 96.4 Å². The Morgan fingerprint density at radius 3 is 3.20 bits per heavy atom. The molecular formula is C9H14BrN3O2. The summed E-state index contributed by atoms with van der Waals surface area (Å²) in [6.07, 6.45) is 2.47. The highest BCUT2D eigenvalue weighted by Crippen LogP contribution is 2.14. The van der Waals surface area contributed by atoms with E-state index in [1.807, 2.05) is 6.92 Å². The van der Waals surface area contributed by atoms with Gasteiger partial charge in [0, 0.05) is 19.8 Å². The van der Waals surface area contributed by atoms with Gasteiger partial charge < -0.3 is 10.1 Å². The standard InChI is InChI=1S/C9H14BrN3O2/c1-2-15-5-3-4-11-7-6-12-13-9(14)8(7)10/h6H,2-5H2,1H3,(H2,11,13,14). The fourth-order valence-electron chi connectivity index (χ4n) is 1.05. The average Bonchev–Trinajstić information content (AvgIpc) is 2.24. The van der Waals surface area contributed by atoms with Crippen LogP contribution in [-0.4, -0.2) is 30.0 Å². The molecule has 1 heterocycles. The first kappa shape index (κ1) is 12.2. The van der Waals surface area contributed by atoms with Gasteiger partial charge in [0.05, 0.1) is 11.9 Å². The summed E-state index contributed by atoms with van der Waals surface area (Å²) < 4.78 is 5.67. The van der Waals surface area contributed by atoms with E-state index in [0.717, 1.165) is 26.2 Å². The largest absolute Gasteiger partial charge is 0.383 e. The van der Waals surface area contributed by atoms with Crippen molar-refractivity contribution in [3.05, 3.63) is 21.0 Å². The summed E-state index contributed by atoms with van der Waals surface area (Å²) in [4.78, 5) is 11.1. The second-order valence-electron chi connectivity index (χ2n) is 2.90. The van der Waals surface area contributed by atoms with E-state index in [4.69, 9.17) is 4.74 Å². The number of aromatic nitrogens is 2. The number of hydrogen-bond donors (Lipinski definition) is 2. The zero-order valence-electron chi connectivity index (χ0n) is 8.55. The maximum atomic E-state index is 11.1. The highest BCUT2D eigenvalue weighted by atomic mass is 79.9. The molecular weight excluding hydrogens is 262 g/mol. The number of H-pyrrole nitrogens is 1. The normalized spacial score (nSPS) is 10.3. The fraction of sp³-hybridized carbons (Fsp3) is 0.556. The Bertz CT molecular complexity index is 353. The second-order valence-corrected chi connectivity index (χ2v) is 3.70. The monoisotopic (exact) mass is 275 g/mol. The third-order valence-electron chi connectivity index (χ3n) is 1.78. The Hall–Kier alpha value is -0.880.